The molecule has 1 aliphatic heterocycles. The molecule has 1 aliphatic rings. The van der Waals surface area contributed by atoms with Crippen LogP contribution in [0.4, 0.5) is 5.69 Å². The number of aromatic nitrogens is 2. The molecule has 0 radical (unpaired) electrons. The molecule has 0 aliphatic carbocycles. The molecule has 2 aromatic rings. The third-order valence-corrected chi connectivity index (χ3v) is 6.49. The summed E-state index contributed by atoms with van der Waals surface area (Å²) in [6.45, 7) is 5.57. The van der Waals surface area contributed by atoms with Crippen LogP contribution in [0, 0.1) is 5.92 Å². The molecule has 28 heavy (non-hydrogen) atoms. The number of hydrogen-bond donors (Lipinski definition) is 1. The number of benzene rings is 1. The van der Waals surface area contributed by atoms with Gasteiger partial charge in [-0.15, -0.1) is 10.2 Å². The minimum absolute atomic E-state index is 0.0916. The number of piperidine rings is 1. The molecule has 1 aromatic carbocycles. The Morgan fingerprint density at radius 3 is 2.64 bits per heavy atom. The molecule has 8 heteroatoms. The molecule has 0 unspecified atom stereocenters. The van der Waals surface area contributed by atoms with Crippen LogP contribution in [0.25, 0.3) is 0 Å². The van der Waals surface area contributed by atoms with Gasteiger partial charge in [0.2, 0.25) is 10.9 Å². The van der Waals surface area contributed by atoms with Crippen LogP contribution >= 0.6 is 22.9 Å². The van der Waals surface area contributed by atoms with E-state index in [9.17, 15) is 9.59 Å². The van der Waals surface area contributed by atoms with E-state index < -0.39 is 0 Å². The molecule has 1 aromatic heterocycles. The van der Waals surface area contributed by atoms with E-state index in [0.717, 1.165) is 37.2 Å². The summed E-state index contributed by atoms with van der Waals surface area (Å²) < 4.78 is 0. The number of nitrogens with zero attached hydrogens (tertiary/aromatic N) is 3. The van der Waals surface area contributed by atoms with Crippen LogP contribution in [0.5, 0.6) is 0 Å². The normalized spacial score (nSPS) is 17.0. The van der Waals surface area contributed by atoms with Crippen molar-refractivity contribution >= 4 is 40.4 Å². The van der Waals surface area contributed by atoms with Gasteiger partial charge in [0.25, 0.3) is 5.91 Å². The summed E-state index contributed by atoms with van der Waals surface area (Å²) in [5.74, 6) is 0.183. The lowest BCUT2D eigenvalue weighted by Crippen LogP contribution is -2.42. The zero-order valence-electron chi connectivity index (χ0n) is 16.2. The number of nitrogens with one attached hydrogen (secondary N) is 1. The van der Waals surface area contributed by atoms with E-state index in [0.29, 0.717) is 22.3 Å². The first-order valence-electron chi connectivity index (χ1n) is 9.70. The highest BCUT2D eigenvalue weighted by Crippen LogP contribution is 2.30. The second-order valence-electron chi connectivity index (χ2n) is 7.04. The minimum Gasteiger partial charge on any atom is -0.342 e. The Balaban J connectivity index is 1.64. The Labute approximate surface area is 174 Å². The second-order valence-corrected chi connectivity index (χ2v) is 8.49. The lowest BCUT2D eigenvalue weighted by atomic mass is 9.95. The molecule has 2 heterocycles. The van der Waals surface area contributed by atoms with E-state index in [2.05, 4.69) is 29.4 Å². The van der Waals surface area contributed by atoms with Crippen molar-refractivity contribution in [1.82, 2.24) is 15.1 Å². The van der Waals surface area contributed by atoms with E-state index >= 15 is 0 Å². The largest absolute Gasteiger partial charge is 0.342 e. The fraction of sp³-hybridized carbons (Fsp3) is 0.500. The Morgan fingerprint density at radius 2 is 1.96 bits per heavy atom. The lowest BCUT2D eigenvalue weighted by Gasteiger charge is -2.33. The maximum absolute atomic E-state index is 12.7. The number of rotatable bonds is 6. The fourth-order valence-electron chi connectivity index (χ4n) is 3.48. The highest BCUT2D eigenvalue weighted by molar-refractivity contribution is 7.13. The molecule has 0 saturated carbocycles. The Morgan fingerprint density at radius 1 is 1.25 bits per heavy atom. The number of amides is 2. The summed E-state index contributed by atoms with van der Waals surface area (Å²) in [6.07, 6.45) is 3.64. The maximum atomic E-state index is 12.7. The van der Waals surface area contributed by atoms with Crippen LogP contribution < -0.4 is 5.32 Å². The molecule has 0 spiro atoms. The first-order chi connectivity index (χ1) is 13.5. The summed E-state index contributed by atoms with van der Waals surface area (Å²) in [6, 6.07) is 6.92. The lowest BCUT2D eigenvalue weighted by molar-refractivity contribution is -0.137. The smallest absolute Gasteiger partial charge is 0.286 e. The topological polar surface area (TPSA) is 75.2 Å². The fourth-order valence-corrected chi connectivity index (χ4v) is 4.47. The Kier molecular flexibility index (Phi) is 7.02. The average Bonchev–Trinajstić information content (AvgIpc) is 3.21. The highest BCUT2D eigenvalue weighted by atomic mass is 35.5. The molecule has 1 fully saturated rings. The van der Waals surface area contributed by atoms with Crippen molar-refractivity contribution in [3.05, 3.63) is 39.3 Å². The second kappa shape index (κ2) is 9.47. The number of likely N-dealkylation sites (tertiary alicyclic amines) is 1. The zero-order chi connectivity index (χ0) is 20.1. The molecular formula is C20H25ClN4O2S. The summed E-state index contributed by atoms with van der Waals surface area (Å²) in [7, 11) is 0. The van der Waals surface area contributed by atoms with Gasteiger partial charge in [0.05, 0.1) is 0 Å². The third-order valence-electron chi connectivity index (χ3n) is 5.15. The number of hydrogen-bond acceptors (Lipinski definition) is 5. The van der Waals surface area contributed by atoms with Gasteiger partial charge in [-0.2, -0.15) is 0 Å². The van der Waals surface area contributed by atoms with Crippen LogP contribution in [-0.2, 0) is 4.79 Å². The van der Waals surface area contributed by atoms with Crippen molar-refractivity contribution in [2.75, 3.05) is 18.4 Å². The van der Waals surface area contributed by atoms with Gasteiger partial charge in [0.15, 0.2) is 0 Å². The van der Waals surface area contributed by atoms with Crippen molar-refractivity contribution in [2.45, 2.75) is 45.4 Å². The summed E-state index contributed by atoms with van der Waals surface area (Å²) in [4.78, 5) is 27.1. The Hall–Kier alpha value is -1.99. The van der Waals surface area contributed by atoms with Crippen LogP contribution in [0.1, 0.15) is 60.3 Å². The van der Waals surface area contributed by atoms with E-state index in [-0.39, 0.29) is 23.7 Å². The van der Waals surface area contributed by atoms with E-state index in [1.165, 1.54) is 11.3 Å². The minimum atomic E-state index is -0.285. The summed E-state index contributed by atoms with van der Waals surface area (Å²) in [5, 5.41) is 12.9. The number of carbonyl (C=O) groups is 2. The monoisotopic (exact) mass is 420 g/mol. The van der Waals surface area contributed by atoms with Crippen molar-refractivity contribution in [3.8, 4) is 0 Å². The van der Waals surface area contributed by atoms with Crippen LogP contribution in [0.2, 0.25) is 5.02 Å². The molecular weight excluding hydrogens is 396 g/mol. The molecule has 1 saturated heterocycles. The quantitative estimate of drug-likeness (QED) is 0.741. The van der Waals surface area contributed by atoms with Crippen molar-refractivity contribution < 1.29 is 9.59 Å². The third kappa shape index (κ3) is 4.89. The number of anilines is 1. The van der Waals surface area contributed by atoms with Gasteiger partial charge in [-0.3, -0.25) is 9.59 Å². The van der Waals surface area contributed by atoms with E-state index in [4.69, 9.17) is 11.6 Å². The molecule has 150 valence electrons. The molecule has 3 rings (SSSR count). The summed E-state index contributed by atoms with van der Waals surface area (Å²) >= 11 is 7.17. The van der Waals surface area contributed by atoms with Gasteiger partial charge in [-0.25, -0.2) is 0 Å². The van der Waals surface area contributed by atoms with Crippen LogP contribution in [0.3, 0.4) is 0 Å². The molecule has 1 atom stereocenters. The van der Waals surface area contributed by atoms with Gasteiger partial charge >= 0.3 is 0 Å². The Bertz CT molecular complexity index is 820. The predicted molar refractivity (Wildman–Crippen MR) is 112 cm³/mol. The van der Waals surface area contributed by atoms with Gasteiger partial charge in [-0.05, 0) is 49.9 Å². The van der Waals surface area contributed by atoms with E-state index in [1.54, 1.807) is 24.3 Å². The van der Waals surface area contributed by atoms with Crippen molar-refractivity contribution in [2.24, 2.45) is 5.92 Å². The van der Waals surface area contributed by atoms with Crippen LogP contribution in [0.15, 0.2) is 24.3 Å². The SMILES string of the molecule is CCC(CC)C(=O)N1CCC[C@@H](c2nnc(C(=O)Nc3ccc(Cl)cc3)s2)C1. The summed E-state index contributed by atoms with van der Waals surface area (Å²) in [5.41, 5.74) is 0.658. The standard InChI is InChI=1S/C20H25ClN4O2S/c1-3-13(4-2)20(27)25-11-5-6-14(12-25)18-23-24-19(28-18)17(26)22-16-9-7-15(21)8-10-16/h7-10,13-14H,3-6,11-12H2,1-2H3,(H,22,26)/t14-/m1/s1. The predicted octanol–water partition coefficient (Wildman–Crippen LogP) is 4.59. The van der Waals surface area contributed by atoms with Gasteiger partial charge in [-0.1, -0.05) is 36.8 Å². The van der Waals surface area contributed by atoms with Crippen molar-refractivity contribution in [3.63, 3.8) is 0 Å². The first-order valence-corrected chi connectivity index (χ1v) is 10.9. The van der Waals surface area contributed by atoms with Gasteiger partial charge < -0.3 is 10.2 Å². The first kappa shape index (κ1) is 20.7. The number of carbonyl (C=O) groups excluding carboxylic acids is 2. The van der Waals surface area contributed by atoms with Gasteiger partial charge in [0.1, 0.15) is 5.01 Å². The molecule has 6 nitrogen and oxygen atoms in total. The molecule has 1 N–H and O–H groups in total. The van der Waals surface area contributed by atoms with Gasteiger partial charge in [0, 0.05) is 35.6 Å². The average molecular weight is 421 g/mol. The van der Waals surface area contributed by atoms with Crippen molar-refractivity contribution in [1.29, 1.82) is 0 Å². The molecule has 2 amide bonds. The number of halogens is 1. The van der Waals surface area contributed by atoms with E-state index in [1.807, 2.05) is 4.90 Å². The molecule has 0 bridgehead atoms. The maximum Gasteiger partial charge on any atom is 0.286 e. The zero-order valence-corrected chi connectivity index (χ0v) is 17.7. The highest BCUT2D eigenvalue weighted by Gasteiger charge is 2.30. The van der Waals surface area contributed by atoms with Crippen LogP contribution in [-0.4, -0.2) is 40.0 Å².